The van der Waals surface area contributed by atoms with E-state index in [0.29, 0.717) is 0 Å². The van der Waals surface area contributed by atoms with Crippen LogP contribution in [0.2, 0.25) is 5.02 Å². The fourth-order valence-corrected chi connectivity index (χ4v) is 2.54. The largest absolute Gasteiger partial charge is 0.271 e. The van der Waals surface area contributed by atoms with Gasteiger partial charge in [-0.25, -0.2) is 0 Å². The van der Waals surface area contributed by atoms with Crippen molar-refractivity contribution in [1.29, 1.82) is 0 Å². The van der Waals surface area contributed by atoms with Crippen molar-refractivity contribution in [3.8, 4) is 0 Å². The van der Waals surface area contributed by atoms with E-state index >= 15 is 0 Å². The van der Waals surface area contributed by atoms with Crippen molar-refractivity contribution in [2.75, 3.05) is 0 Å². The van der Waals surface area contributed by atoms with Crippen LogP contribution >= 0.6 is 11.6 Å². The summed E-state index contributed by atoms with van der Waals surface area (Å²) in [5.74, 6) is 5.75. The smallest absolute Gasteiger partial charge is 0.0935 e. The molecule has 4 nitrogen and oxygen atoms in total. The molecule has 0 spiro atoms. The van der Waals surface area contributed by atoms with Crippen molar-refractivity contribution < 1.29 is 0 Å². The van der Waals surface area contributed by atoms with E-state index in [1.807, 2.05) is 42.5 Å². The normalized spacial score (nSPS) is 12.5. The molecule has 0 aliphatic heterocycles. The minimum Gasteiger partial charge on any atom is -0.271 e. The van der Waals surface area contributed by atoms with Crippen molar-refractivity contribution >= 4 is 22.6 Å². The van der Waals surface area contributed by atoms with Gasteiger partial charge in [-0.05, 0) is 35.7 Å². The van der Waals surface area contributed by atoms with Crippen LogP contribution in [0.5, 0.6) is 0 Å². The van der Waals surface area contributed by atoms with Crippen LogP contribution in [-0.2, 0) is 6.42 Å². The fourth-order valence-electron chi connectivity index (χ4n) is 2.41. The van der Waals surface area contributed by atoms with Crippen LogP contribution in [0.15, 0.2) is 54.9 Å². The second-order valence-electron chi connectivity index (χ2n) is 4.82. The average molecular weight is 299 g/mol. The molecule has 106 valence electrons. The van der Waals surface area contributed by atoms with Gasteiger partial charge in [-0.3, -0.25) is 21.2 Å². The number of nitrogens with zero attached hydrogens (tertiary/aromatic N) is 2. The minimum atomic E-state index is -0.0356. The summed E-state index contributed by atoms with van der Waals surface area (Å²) in [5.41, 5.74) is 6.81. The highest BCUT2D eigenvalue weighted by molar-refractivity contribution is 6.30. The highest BCUT2D eigenvalue weighted by atomic mass is 35.5. The Morgan fingerprint density at radius 1 is 1.05 bits per heavy atom. The molecule has 0 amide bonds. The Morgan fingerprint density at radius 3 is 2.57 bits per heavy atom. The van der Waals surface area contributed by atoms with Gasteiger partial charge in [-0.2, -0.15) is 0 Å². The predicted octanol–water partition coefficient (Wildman–Crippen LogP) is 3.03. The number of hydrazine groups is 1. The molecule has 3 rings (SSSR count). The van der Waals surface area contributed by atoms with E-state index in [0.717, 1.165) is 33.6 Å². The Hall–Kier alpha value is -2.01. The first-order valence-electron chi connectivity index (χ1n) is 6.68. The van der Waals surface area contributed by atoms with E-state index < -0.39 is 0 Å². The summed E-state index contributed by atoms with van der Waals surface area (Å²) in [4.78, 5) is 8.76. The van der Waals surface area contributed by atoms with E-state index in [-0.39, 0.29) is 6.04 Å². The Labute approximate surface area is 128 Å². The topological polar surface area (TPSA) is 63.8 Å². The maximum Gasteiger partial charge on any atom is 0.0935 e. The van der Waals surface area contributed by atoms with Gasteiger partial charge in [0.25, 0.3) is 0 Å². The quantitative estimate of drug-likeness (QED) is 0.574. The van der Waals surface area contributed by atoms with Crippen LogP contribution in [0.3, 0.4) is 0 Å². The number of benzene rings is 2. The van der Waals surface area contributed by atoms with Crippen LogP contribution in [0.25, 0.3) is 11.0 Å². The number of hydrogen-bond acceptors (Lipinski definition) is 4. The number of halogens is 1. The van der Waals surface area contributed by atoms with Crippen LogP contribution in [0.1, 0.15) is 17.2 Å². The van der Waals surface area contributed by atoms with Crippen molar-refractivity contribution in [2.45, 2.75) is 12.5 Å². The Balaban J connectivity index is 1.96. The lowest BCUT2D eigenvalue weighted by atomic mass is 9.98. The molecular weight excluding hydrogens is 284 g/mol. The van der Waals surface area contributed by atoms with Gasteiger partial charge in [0.1, 0.15) is 0 Å². The van der Waals surface area contributed by atoms with Gasteiger partial charge in [-0.15, -0.1) is 0 Å². The summed E-state index contributed by atoms with van der Waals surface area (Å²) in [6, 6.07) is 13.7. The number of rotatable bonds is 4. The summed E-state index contributed by atoms with van der Waals surface area (Å²) in [7, 11) is 0. The third-order valence-corrected chi connectivity index (χ3v) is 3.71. The van der Waals surface area contributed by atoms with E-state index in [2.05, 4.69) is 15.4 Å². The molecule has 0 bridgehead atoms. The number of nitrogens with two attached hydrogens (primary N) is 1. The average Bonchev–Trinajstić information content (AvgIpc) is 2.54. The molecule has 1 aromatic heterocycles. The SMILES string of the molecule is NNC(Cc1ccc(Cl)cc1)c1cccc2nccnc12. The second kappa shape index (κ2) is 6.18. The number of para-hydroxylation sites is 1. The molecule has 5 heteroatoms. The highest BCUT2D eigenvalue weighted by Crippen LogP contribution is 2.24. The van der Waals surface area contributed by atoms with Gasteiger partial charge >= 0.3 is 0 Å². The van der Waals surface area contributed by atoms with Gasteiger partial charge in [0.2, 0.25) is 0 Å². The molecule has 0 saturated carbocycles. The Bertz CT molecular complexity index is 737. The number of hydrogen-bond donors (Lipinski definition) is 2. The zero-order chi connectivity index (χ0) is 14.7. The van der Waals surface area contributed by atoms with Crippen LogP contribution in [0.4, 0.5) is 0 Å². The van der Waals surface area contributed by atoms with E-state index in [1.165, 1.54) is 0 Å². The highest BCUT2D eigenvalue weighted by Gasteiger charge is 2.14. The predicted molar refractivity (Wildman–Crippen MR) is 84.8 cm³/mol. The van der Waals surface area contributed by atoms with Crippen LogP contribution in [0, 0.1) is 0 Å². The number of fused-ring (bicyclic) bond motifs is 1. The lowest BCUT2D eigenvalue weighted by molar-refractivity contribution is 0.554. The van der Waals surface area contributed by atoms with Crippen molar-refractivity contribution in [3.05, 3.63) is 71.0 Å². The maximum absolute atomic E-state index is 5.92. The first-order valence-corrected chi connectivity index (χ1v) is 7.06. The first kappa shape index (κ1) is 13.9. The van der Waals surface area contributed by atoms with E-state index in [4.69, 9.17) is 17.4 Å². The summed E-state index contributed by atoms with van der Waals surface area (Å²) >= 11 is 5.92. The number of nitrogens with one attached hydrogen (secondary N) is 1. The van der Waals surface area contributed by atoms with Gasteiger partial charge in [-0.1, -0.05) is 35.9 Å². The molecule has 0 aliphatic carbocycles. The molecule has 1 heterocycles. The molecule has 0 saturated heterocycles. The monoisotopic (exact) mass is 298 g/mol. The third kappa shape index (κ3) is 3.03. The zero-order valence-electron chi connectivity index (χ0n) is 11.3. The summed E-state index contributed by atoms with van der Waals surface area (Å²) in [6.45, 7) is 0. The van der Waals surface area contributed by atoms with Gasteiger partial charge < -0.3 is 0 Å². The zero-order valence-corrected chi connectivity index (χ0v) is 12.1. The van der Waals surface area contributed by atoms with E-state index in [1.54, 1.807) is 12.4 Å². The van der Waals surface area contributed by atoms with Gasteiger partial charge in [0, 0.05) is 17.4 Å². The molecule has 2 aromatic carbocycles. The fraction of sp³-hybridized carbons (Fsp3) is 0.125. The van der Waals surface area contributed by atoms with Crippen molar-refractivity contribution in [3.63, 3.8) is 0 Å². The lowest BCUT2D eigenvalue weighted by Crippen LogP contribution is -2.29. The Morgan fingerprint density at radius 2 is 1.81 bits per heavy atom. The van der Waals surface area contributed by atoms with Gasteiger partial charge in [0.15, 0.2) is 0 Å². The standard InChI is InChI=1S/C16H15ClN4/c17-12-6-4-11(5-7-12)10-15(21-18)13-2-1-3-14-16(13)20-9-8-19-14/h1-9,15,21H,10,18H2. The summed E-state index contributed by atoms with van der Waals surface area (Å²) in [6.07, 6.45) is 4.14. The molecule has 3 aromatic rings. The molecule has 0 radical (unpaired) electrons. The minimum absolute atomic E-state index is 0.0356. The second-order valence-corrected chi connectivity index (χ2v) is 5.26. The summed E-state index contributed by atoms with van der Waals surface area (Å²) in [5, 5.41) is 0.729. The summed E-state index contributed by atoms with van der Waals surface area (Å²) < 4.78 is 0. The molecule has 21 heavy (non-hydrogen) atoms. The van der Waals surface area contributed by atoms with Crippen LogP contribution in [-0.4, -0.2) is 9.97 Å². The molecular formula is C16H15ClN4. The molecule has 0 aliphatic rings. The molecule has 1 atom stereocenters. The third-order valence-electron chi connectivity index (χ3n) is 3.46. The maximum atomic E-state index is 5.92. The van der Waals surface area contributed by atoms with Crippen molar-refractivity contribution in [1.82, 2.24) is 15.4 Å². The molecule has 0 fully saturated rings. The Kier molecular flexibility index (Phi) is 4.10. The lowest BCUT2D eigenvalue weighted by Gasteiger charge is -2.17. The van der Waals surface area contributed by atoms with Gasteiger partial charge in [0.05, 0.1) is 17.1 Å². The first-order chi connectivity index (χ1) is 10.3. The van der Waals surface area contributed by atoms with Crippen LogP contribution < -0.4 is 11.3 Å². The van der Waals surface area contributed by atoms with E-state index in [9.17, 15) is 0 Å². The van der Waals surface area contributed by atoms with Crippen molar-refractivity contribution in [2.24, 2.45) is 5.84 Å². The molecule has 3 N–H and O–H groups in total. The number of aromatic nitrogens is 2. The molecule has 1 unspecified atom stereocenters.